The van der Waals surface area contributed by atoms with Gasteiger partial charge in [-0.05, 0) is 20.3 Å². The second-order valence-electron chi connectivity index (χ2n) is 6.37. The van der Waals surface area contributed by atoms with Crippen LogP contribution in [0.15, 0.2) is 0 Å². The van der Waals surface area contributed by atoms with E-state index < -0.39 is 27.9 Å². The molecule has 0 saturated carbocycles. The number of carbonyl (C=O) groups excluding carboxylic acids is 4. The van der Waals surface area contributed by atoms with Gasteiger partial charge in [0.05, 0.1) is 5.41 Å². The van der Waals surface area contributed by atoms with E-state index in [0.29, 0.717) is 11.5 Å². The first-order valence-corrected chi connectivity index (χ1v) is 7.54. The van der Waals surface area contributed by atoms with Crippen molar-refractivity contribution in [2.24, 2.45) is 5.41 Å². The van der Waals surface area contributed by atoms with Gasteiger partial charge < -0.3 is 4.84 Å². The zero-order valence-corrected chi connectivity index (χ0v) is 13.8. The van der Waals surface area contributed by atoms with Gasteiger partial charge in [-0.3, -0.25) is 14.4 Å². The van der Waals surface area contributed by atoms with Gasteiger partial charge in [-0.1, -0.05) is 25.6 Å². The first kappa shape index (κ1) is 17.7. The largest absolute Gasteiger partial charge is 0.338 e. The number of rotatable bonds is 5. The Balaban J connectivity index is 2.73. The number of hydrogen-bond acceptors (Lipinski definition) is 6. The van der Waals surface area contributed by atoms with E-state index in [1.54, 1.807) is 13.8 Å². The van der Waals surface area contributed by atoms with E-state index in [1.807, 2.05) is 13.8 Å². The average Bonchev–Trinajstić information content (AvgIpc) is 2.57. The maximum absolute atomic E-state index is 12.2. The molecule has 7 heteroatoms. The minimum Gasteiger partial charge on any atom is -0.330 e. The summed E-state index contributed by atoms with van der Waals surface area (Å²) in [5, 5.41) is 0.518. The predicted octanol–water partition coefficient (Wildman–Crippen LogP) is 2.07. The van der Waals surface area contributed by atoms with Crippen molar-refractivity contribution in [3.8, 4) is 0 Å². The number of hydroxylamine groups is 2. The zero-order chi connectivity index (χ0) is 16.4. The lowest BCUT2D eigenvalue weighted by Crippen LogP contribution is -2.40. The van der Waals surface area contributed by atoms with Crippen LogP contribution < -0.4 is 0 Å². The molecule has 1 fully saturated rings. The van der Waals surface area contributed by atoms with Crippen molar-refractivity contribution in [1.29, 1.82) is 0 Å². The van der Waals surface area contributed by atoms with E-state index in [4.69, 9.17) is 4.84 Å². The fourth-order valence-corrected chi connectivity index (χ4v) is 3.64. The third-order valence-corrected chi connectivity index (χ3v) is 4.00. The molecule has 0 aromatic rings. The molecule has 0 aromatic heterocycles. The lowest BCUT2D eigenvalue weighted by atomic mass is 9.84. The molecule has 0 aromatic carbocycles. The molecule has 0 spiro atoms. The minimum absolute atomic E-state index is 0.0333. The summed E-state index contributed by atoms with van der Waals surface area (Å²) in [7, 11) is 0. The molecule has 0 aliphatic carbocycles. The Morgan fingerprint density at radius 2 is 1.62 bits per heavy atom. The molecular formula is C14H21NO5S. The van der Waals surface area contributed by atoms with Crippen LogP contribution in [0.2, 0.25) is 0 Å². The van der Waals surface area contributed by atoms with E-state index in [-0.39, 0.29) is 18.0 Å². The van der Waals surface area contributed by atoms with Gasteiger partial charge in [0.25, 0.3) is 11.8 Å². The standard InChI is InChI=1S/C14H21NO5S/c1-9(16)21-14(4,5)8-13(2,3)12(19)20-15-10(17)6-7-11(15)18/h6-8H2,1-5H3. The Labute approximate surface area is 128 Å². The molecule has 1 aliphatic rings. The molecule has 0 N–H and O–H groups in total. The van der Waals surface area contributed by atoms with Crippen molar-refractivity contribution < 1.29 is 24.0 Å². The molecule has 0 atom stereocenters. The maximum Gasteiger partial charge on any atom is 0.338 e. The highest BCUT2D eigenvalue weighted by Gasteiger charge is 2.41. The zero-order valence-electron chi connectivity index (χ0n) is 13.0. The first-order chi connectivity index (χ1) is 9.44. The number of carbonyl (C=O) groups is 4. The van der Waals surface area contributed by atoms with Gasteiger partial charge in [0.15, 0.2) is 5.12 Å². The summed E-state index contributed by atoms with van der Waals surface area (Å²) in [5.74, 6) is -1.65. The van der Waals surface area contributed by atoms with E-state index in [0.717, 1.165) is 11.8 Å². The van der Waals surface area contributed by atoms with Crippen molar-refractivity contribution in [3.05, 3.63) is 0 Å². The molecule has 118 valence electrons. The summed E-state index contributed by atoms with van der Waals surface area (Å²) < 4.78 is -0.451. The number of imide groups is 1. The SMILES string of the molecule is CC(=O)SC(C)(C)CC(C)(C)C(=O)ON1C(=O)CCC1=O. The smallest absolute Gasteiger partial charge is 0.330 e. The molecule has 1 aliphatic heterocycles. The third-order valence-electron chi connectivity index (χ3n) is 3.02. The number of thioether (sulfide) groups is 1. The molecule has 1 heterocycles. The van der Waals surface area contributed by atoms with Gasteiger partial charge in [-0.15, -0.1) is 5.06 Å². The highest BCUT2D eigenvalue weighted by molar-refractivity contribution is 8.14. The molecule has 0 bridgehead atoms. The van der Waals surface area contributed by atoms with Gasteiger partial charge in [-0.25, -0.2) is 4.79 Å². The highest BCUT2D eigenvalue weighted by atomic mass is 32.2. The van der Waals surface area contributed by atoms with Crippen molar-refractivity contribution in [2.75, 3.05) is 0 Å². The second kappa shape index (κ2) is 6.17. The molecule has 1 rings (SSSR count). The summed E-state index contributed by atoms with van der Waals surface area (Å²) in [4.78, 5) is 51.3. The monoisotopic (exact) mass is 315 g/mol. The van der Waals surface area contributed by atoms with Crippen LogP contribution in [-0.2, 0) is 24.0 Å². The lowest BCUT2D eigenvalue weighted by Gasteiger charge is -2.32. The van der Waals surface area contributed by atoms with Gasteiger partial charge in [-0.2, -0.15) is 0 Å². The van der Waals surface area contributed by atoms with Crippen LogP contribution in [0, 0.1) is 5.41 Å². The van der Waals surface area contributed by atoms with Crippen LogP contribution in [0.4, 0.5) is 0 Å². The highest BCUT2D eigenvalue weighted by Crippen LogP contribution is 2.38. The van der Waals surface area contributed by atoms with Crippen molar-refractivity contribution in [2.45, 2.75) is 58.6 Å². The average molecular weight is 315 g/mol. The van der Waals surface area contributed by atoms with E-state index >= 15 is 0 Å². The summed E-state index contributed by atoms with van der Waals surface area (Å²) >= 11 is 1.15. The van der Waals surface area contributed by atoms with Crippen molar-refractivity contribution >= 4 is 34.7 Å². The number of hydrogen-bond donors (Lipinski definition) is 0. The topological polar surface area (TPSA) is 80.8 Å². The number of nitrogens with zero attached hydrogens (tertiary/aromatic N) is 1. The third kappa shape index (κ3) is 4.84. The summed E-state index contributed by atoms with van der Waals surface area (Å²) in [5.41, 5.74) is -0.922. The Hall–Kier alpha value is -1.37. The van der Waals surface area contributed by atoms with Crippen molar-refractivity contribution in [1.82, 2.24) is 5.06 Å². The quantitative estimate of drug-likeness (QED) is 0.722. The van der Waals surface area contributed by atoms with Crippen LogP contribution in [0.1, 0.15) is 53.9 Å². The van der Waals surface area contributed by atoms with E-state index in [2.05, 4.69) is 0 Å². The molecule has 0 unspecified atom stereocenters. The van der Waals surface area contributed by atoms with Crippen LogP contribution in [0.5, 0.6) is 0 Å². The molecule has 2 amide bonds. The summed E-state index contributed by atoms with van der Waals surface area (Å²) in [6.45, 7) is 8.53. The van der Waals surface area contributed by atoms with E-state index in [1.165, 1.54) is 6.92 Å². The summed E-state index contributed by atoms with van der Waals surface area (Å²) in [6.07, 6.45) is 0.510. The Morgan fingerprint density at radius 1 is 1.14 bits per heavy atom. The normalized spacial score (nSPS) is 16.3. The Kier molecular flexibility index (Phi) is 5.20. The first-order valence-electron chi connectivity index (χ1n) is 6.72. The van der Waals surface area contributed by atoms with Crippen LogP contribution >= 0.6 is 11.8 Å². The fourth-order valence-electron chi connectivity index (χ4n) is 2.43. The van der Waals surface area contributed by atoms with Gasteiger partial charge in [0.2, 0.25) is 0 Å². The van der Waals surface area contributed by atoms with E-state index in [9.17, 15) is 19.2 Å². The lowest BCUT2D eigenvalue weighted by molar-refractivity contribution is -0.204. The molecule has 0 radical (unpaired) electrons. The van der Waals surface area contributed by atoms with Crippen LogP contribution in [-0.4, -0.2) is 32.7 Å². The fraction of sp³-hybridized carbons (Fsp3) is 0.714. The van der Waals surface area contributed by atoms with Crippen molar-refractivity contribution in [3.63, 3.8) is 0 Å². The van der Waals surface area contributed by atoms with Crippen LogP contribution in [0.3, 0.4) is 0 Å². The molecular weight excluding hydrogens is 294 g/mol. The van der Waals surface area contributed by atoms with Gasteiger partial charge >= 0.3 is 5.97 Å². The Morgan fingerprint density at radius 3 is 2.05 bits per heavy atom. The second-order valence-corrected chi connectivity index (χ2v) is 8.26. The molecule has 1 saturated heterocycles. The molecule has 21 heavy (non-hydrogen) atoms. The maximum atomic E-state index is 12.2. The molecule has 6 nitrogen and oxygen atoms in total. The predicted molar refractivity (Wildman–Crippen MR) is 77.9 cm³/mol. The van der Waals surface area contributed by atoms with Crippen LogP contribution in [0.25, 0.3) is 0 Å². The van der Waals surface area contributed by atoms with Gasteiger partial charge in [0, 0.05) is 24.5 Å². The summed E-state index contributed by atoms with van der Waals surface area (Å²) in [6, 6.07) is 0. The Bertz CT molecular complexity index is 468. The minimum atomic E-state index is -0.922. The number of amides is 2. The van der Waals surface area contributed by atoms with Gasteiger partial charge in [0.1, 0.15) is 0 Å².